The maximum Gasteiger partial charge on any atom is 0.126 e. The Morgan fingerprint density at radius 1 is 1.21 bits per heavy atom. The molecule has 0 bridgehead atoms. The molecule has 1 aromatic rings. The van der Waals surface area contributed by atoms with Gasteiger partial charge in [-0.2, -0.15) is 0 Å². The highest BCUT2D eigenvalue weighted by Crippen LogP contribution is 2.32. The van der Waals surface area contributed by atoms with Crippen molar-refractivity contribution < 1.29 is 4.74 Å². The molecule has 1 radical (unpaired) electrons. The van der Waals surface area contributed by atoms with E-state index >= 15 is 0 Å². The molecule has 1 aromatic carbocycles. The lowest BCUT2D eigenvalue weighted by Gasteiger charge is -2.21. The van der Waals surface area contributed by atoms with Gasteiger partial charge in [-0.05, 0) is 36.5 Å². The second-order valence-corrected chi connectivity index (χ2v) is 4.03. The fourth-order valence-electron chi connectivity index (χ4n) is 2.24. The van der Waals surface area contributed by atoms with E-state index in [0.717, 1.165) is 11.7 Å². The number of hydrogen-bond acceptors (Lipinski definition) is 1. The zero-order valence-corrected chi connectivity index (χ0v) is 8.75. The molecular weight excluding hydrogens is 172 g/mol. The van der Waals surface area contributed by atoms with Crippen LogP contribution in [0.4, 0.5) is 0 Å². The van der Waals surface area contributed by atoms with Crippen molar-refractivity contribution in [2.75, 3.05) is 7.11 Å². The molecule has 1 saturated carbocycles. The third-order valence-electron chi connectivity index (χ3n) is 3.10. The lowest BCUT2D eigenvalue weighted by atomic mass is 9.84. The summed E-state index contributed by atoms with van der Waals surface area (Å²) in [6.07, 6.45) is 6.88. The number of ether oxygens (including phenoxy) is 1. The van der Waals surface area contributed by atoms with Gasteiger partial charge in [0.15, 0.2) is 0 Å². The van der Waals surface area contributed by atoms with Crippen molar-refractivity contribution in [3.05, 3.63) is 29.8 Å². The monoisotopic (exact) mass is 189 g/mol. The van der Waals surface area contributed by atoms with Crippen LogP contribution in [-0.4, -0.2) is 7.11 Å². The van der Waals surface area contributed by atoms with Crippen molar-refractivity contribution >= 4 is 0 Å². The number of rotatable bonds is 2. The summed E-state index contributed by atoms with van der Waals surface area (Å²) in [5.41, 5.74) is 1.44. The minimum atomic E-state index is 0.769. The molecular formula is C13H17O. The van der Waals surface area contributed by atoms with E-state index in [-0.39, 0.29) is 0 Å². The van der Waals surface area contributed by atoms with Crippen molar-refractivity contribution in [1.82, 2.24) is 0 Å². The van der Waals surface area contributed by atoms with Crippen LogP contribution in [-0.2, 0) is 0 Å². The Bertz CT molecular complexity index is 270. The van der Waals surface area contributed by atoms with E-state index in [1.54, 1.807) is 7.11 Å². The molecule has 2 rings (SSSR count). The van der Waals surface area contributed by atoms with Crippen molar-refractivity contribution in [2.45, 2.75) is 38.0 Å². The van der Waals surface area contributed by atoms with Crippen LogP contribution in [0, 0.1) is 6.07 Å². The molecule has 0 spiro atoms. The Hall–Kier alpha value is -0.980. The molecule has 1 heteroatoms. The first kappa shape index (κ1) is 9.57. The molecule has 1 aliphatic carbocycles. The summed E-state index contributed by atoms with van der Waals surface area (Å²) in [6.45, 7) is 0. The number of hydrogen-bond donors (Lipinski definition) is 0. The molecule has 75 valence electrons. The molecule has 1 fully saturated rings. The summed E-state index contributed by atoms with van der Waals surface area (Å²) in [5.74, 6) is 1.61. The Morgan fingerprint density at radius 2 is 2.00 bits per heavy atom. The summed E-state index contributed by atoms with van der Waals surface area (Å²) in [7, 11) is 1.69. The van der Waals surface area contributed by atoms with Crippen LogP contribution in [0.2, 0.25) is 0 Å². The van der Waals surface area contributed by atoms with Crippen LogP contribution in [0.25, 0.3) is 0 Å². The molecule has 0 unspecified atom stereocenters. The molecule has 0 heterocycles. The Morgan fingerprint density at radius 3 is 2.57 bits per heavy atom. The lowest BCUT2D eigenvalue weighted by Crippen LogP contribution is -2.04. The first-order valence-electron chi connectivity index (χ1n) is 5.46. The highest BCUT2D eigenvalue weighted by Gasteiger charge is 2.14. The molecule has 1 nitrogen and oxygen atoms in total. The summed E-state index contributed by atoms with van der Waals surface area (Å²) in [4.78, 5) is 0. The van der Waals surface area contributed by atoms with Gasteiger partial charge in [0.05, 0.1) is 7.11 Å². The standard InChI is InChI=1S/C13H17O/c1-14-13-9-7-12(8-10-13)11-5-3-2-4-6-11/h7-9,11H,2-6H2,1H3. The van der Waals surface area contributed by atoms with Gasteiger partial charge in [-0.15, -0.1) is 0 Å². The molecule has 0 saturated heterocycles. The van der Waals surface area contributed by atoms with Gasteiger partial charge in [-0.25, -0.2) is 0 Å². The Balaban J connectivity index is 2.07. The largest absolute Gasteiger partial charge is 0.496 e. The first-order chi connectivity index (χ1) is 6.90. The topological polar surface area (TPSA) is 9.23 Å². The Kier molecular flexibility index (Phi) is 3.07. The Labute approximate surface area is 86.1 Å². The van der Waals surface area contributed by atoms with Crippen LogP contribution < -0.4 is 4.74 Å². The van der Waals surface area contributed by atoms with Gasteiger partial charge in [-0.1, -0.05) is 25.3 Å². The summed E-state index contributed by atoms with van der Waals surface area (Å²) < 4.78 is 5.10. The third-order valence-corrected chi connectivity index (χ3v) is 3.10. The van der Waals surface area contributed by atoms with Crippen molar-refractivity contribution in [2.24, 2.45) is 0 Å². The van der Waals surface area contributed by atoms with E-state index in [9.17, 15) is 0 Å². The van der Waals surface area contributed by atoms with Crippen LogP contribution in [0.3, 0.4) is 0 Å². The third kappa shape index (κ3) is 2.09. The van der Waals surface area contributed by atoms with E-state index in [0.29, 0.717) is 0 Å². The molecule has 0 aliphatic heterocycles. The fourth-order valence-corrected chi connectivity index (χ4v) is 2.24. The minimum absolute atomic E-state index is 0.769. The van der Waals surface area contributed by atoms with Crippen LogP contribution >= 0.6 is 0 Å². The van der Waals surface area contributed by atoms with Crippen LogP contribution in [0.1, 0.15) is 43.6 Å². The molecule has 14 heavy (non-hydrogen) atoms. The SMILES string of the molecule is COc1[c]cc(C2CCCCC2)cc1. The average Bonchev–Trinajstić information content (AvgIpc) is 2.30. The van der Waals surface area contributed by atoms with E-state index in [4.69, 9.17) is 4.74 Å². The highest BCUT2D eigenvalue weighted by molar-refractivity contribution is 5.28. The lowest BCUT2D eigenvalue weighted by molar-refractivity contribution is 0.412. The van der Waals surface area contributed by atoms with Gasteiger partial charge in [0, 0.05) is 6.07 Å². The molecule has 0 aromatic heterocycles. The van der Waals surface area contributed by atoms with Crippen molar-refractivity contribution in [3.63, 3.8) is 0 Å². The normalized spacial score (nSPS) is 18.1. The molecule has 1 aliphatic rings. The predicted octanol–water partition coefficient (Wildman–Crippen LogP) is 3.54. The maximum absolute atomic E-state index is 5.10. The summed E-state index contributed by atoms with van der Waals surface area (Å²) >= 11 is 0. The molecule has 0 N–H and O–H groups in total. The van der Waals surface area contributed by atoms with Crippen molar-refractivity contribution in [3.8, 4) is 5.75 Å². The van der Waals surface area contributed by atoms with Crippen LogP contribution in [0.5, 0.6) is 5.75 Å². The van der Waals surface area contributed by atoms with Gasteiger partial charge >= 0.3 is 0 Å². The van der Waals surface area contributed by atoms with Gasteiger partial charge < -0.3 is 4.74 Å². The van der Waals surface area contributed by atoms with Gasteiger partial charge in [0.2, 0.25) is 0 Å². The summed E-state index contributed by atoms with van der Waals surface area (Å²) in [6, 6.07) is 9.46. The number of benzene rings is 1. The highest BCUT2D eigenvalue weighted by atomic mass is 16.5. The molecule has 0 amide bonds. The van der Waals surface area contributed by atoms with Crippen molar-refractivity contribution in [1.29, 1.82) is 0 Å². The second-order valence-electron chi connectivity index (χ2n) is 4.03. The van der Waals surface area contributed by atoms with Crippen LogP contribution in [0.15, 0.2) is 18.2 Å². The van der Waals surface area contributed by atoms with Gasteiger partial charge in [-0.3, -0.25) is 0 Å². The average molecular weight is 189 g/mol. The van der Waals surface area contributed by atoms with E-state index in [2.05, 4.69) is 18.2 Å². The van der Waals surface area contributed by atoms with E-state index in [1.165, 1.54) is 37.7 Å². The zero-order valence-electron chi connectivity index (χ0n) is 8.75. The first-order valence-corrected chi connectivity index (χ1v) is 5.46. The second kappa shape index (κ2) is 4.50. The molecule has 0 atom stereocenters. The quantitative estimate of drug-likeness (QED) is 0.691. The minimum Gasteiger partial charge on any atom is -0.496 e. The smallest absolute Gasteiger partial charge is 0.126 e. The van der Waals surface area contributed by atoms with E-state index < -0.39 is 0 Å². The maximum atomic E-state index is 5.10. The number of methoxy groups -OCH3 is 1. The fraction of sp³-hybridized carbons (Fsp3) is 0.538. The summed E-state index contributed by atoms with van der Waals surface area (Å²) in [5, 5.41) is 0. The van der Waals surface area contributed by atoms with Gasteiger partial charge in [0.25, 0.3) is 0 Å². The predicted molar refractivity (Wildman–Crippen MR) is 57.7 cm³/mol. The zero-order chi connectivity index (χ0) is 9.80. The van der Waals surface area contributed by atoms with Gasteiger partial charge in [0.1, 0.15) is 5.75 Å². The van der Waals surface area contributed by atoms with E-state index in [1.807, 2.05) is 6.07 Å².